The Bertz CT molecular complexity index is 788. The van der Waals surface area contributed by atoms with E-state index in [1.165, 1.54) is 18.1 Å². The molecule has 0 aliphatic heterocycles. The van der Waals surface area contributed by atoms with Gasteiger partial charge in [0.05, 0.1) is 0 Å². The molecule has 106 valence electrons. The van der Waals surface area contributed by atoms with E-state index in [1.54, 1.807) is 16.6 Å². The Morgan fingerprint density at radius 1 is 1.33 bits per heavy atom. The third-order valence-electron chi connectivity index (χ3n) is 2.91. The lowest BCUT2D eigenvalue weighted by molar-refractivity contribution is -0.136. The van der Waals surface area contributed by atoms with Crippen LogP contribution in [0.4, 0.5) is 0 Å². The molecule has 0 aliphatic rings. The van der Waals surface area contributed by atoms with E-state index in [9.17, 15) is 9.90 Å². The van der Waals surface area contributed by atoms with Crippen LogP contribution >= 0.6 is 11.8 Å². The number of carboxylic acid groups (broad SMARTS) is 1. The molecule has 0 saturated heterocycles. The van der Waals surface area contributed by atoms with E-state index >= 15 is 0 Å². The Kier molecular flexibility index (Phi) is 3.57. The zero-order valence-electron chi connectivity index (χ0n) is 11.2. The maximum Gasteiger partial charge on any atom is 0.321 e. The molecule has 0 saturated carbocycles. The van der Waals surface area contributed by atoms with E-state index in [2.05, 4.69) is 15.1 Å². The number of aliphatic carboxylic acids is 1. The van der Waals surface area contributed by atoms with Gasteiger partial charge in [-0.15, -0.1) is 0 Å². The fourth-order valence-corrected chi connectivity index (χ4v) is 3.09. The summed E-state index contributed by atoms with van der Waals surface area (Å²) < 4.78 is 1.55. The van der Waals surface area contributed by atoms with Crippen LogP contribution in [0.2, 0.25) is 0 Å². The highest BCUT2D eigenvalue weighted by molar-refractivity contribution is 8.00. The summed E-state index contributed by atoms with van der Waals surface area (Å²) in [7, 11) is 0. The standard InChI is InChI=1S/C14H12N4O2S/c1-9-7-11(18-14(17-9)15-8-16-18)21-12(13(19)20)10-5-3-2-4-6-10/h2-8,12H,1H3,(H,19,20)/t12-/m1/s1. The van der Waals surface area contributed by atoms with Gasteiger partial charge in [0.15, 0.2) is 0 Å². The molecule has 3 rings (SSSR count). The van der Waals surface area contributed by atoms with E-state index in [-0.39, 0.29) is 0 Å². The Balaban J connectivity index is 2.02. The predicted molar refractivity (Wildman–Crippen MR) is 78.2 cm³/mol. The SMILES string of the molecule is Cc1cc(S[C@@H](C(=O)O)c2ccccc2)n2ncnc2n1. The van der Waals surface area contributed by atoms with Crippen LogP contribution in [0, 0.1) is 6.92 Å². The lowest BCUT2D eigenvalue weighted by Gasteiger charge is -2.13. The third-order valence-corrected chi connectivity index (χ3v) is 4.15. The number of rotatable bonds is 4. The zero-order valence-corrected chi connectivity index (χ0v) is 12.0. The molecular formula is C14H12N4O2S. The fourth-order valence-electron chi connectivity index (χ4n) is 1.99. The second-order valence-corrected chi connectivity index (χ2v) is 5.58. The van der Waals surface area contributed by atoms with Crippen molar-refractivity contribution in [1.82, 2.24) is 19.6 Å². The van der Waals surface area contributed by atoms with Crippen molar-refractivity contribution in [1.29, 1.82) is 0 Å². The number of benzene rings is 1. The third kappa shape index (κ3) is 2.73. The van der Waals surface area contributed by atoms with Gasteiger partial charge in [-0.25, -0.2) is 4.98 Å². The molecule has 0 fully saturated rings. The topological polar surface area (TPSA) is 80.4 Å². The molecule has 0 spiro atoms. The first-order valence-corrected chi connectivity index (χ1v) is 7.15. The maximum absolute atomic E-state index is 11.6. The van der Waals surface area contributed by atoms with Crippen LogP contribution in [0.25, 0.3) is 5.78 Å². The highest BCUT2D eigenvalue weighted by Crippen LogP contribution is 2.35. The zero-order chi connectivity index (χ0) is 14.8. The van der Waals surface area contributed by atoms with Crippen LogP contribution in [0.15, 0.2) is 47.8 Å². The number of thioether (sulfide) groups is 1. The highest BCUT2D eigenvalue weighted by Gasteiger charge is 2.23. The van der Waals surface area contributed by atoms with Gasteiger partial charge < -0.3 is 5.11 Å². The van der Waals surface area contributed by atoms with Gasteiger partial charge in [-0.3, -0.25) is 4.79 Å². The van der Waals surface area contributed by atoms with E-state index in [1.807, 2.05) is 31.2 Å². The number of nitrogens with zero attached hydrogens (tertiary/aromatic N) is 4. The summed E-state index contributed by atoms with van der Waals surface area (Å²) >= 11 is 1.22. The molecular weight excluding hydrogens is 288 g/mol. The highest BCUT2D eigenvalue weighted by atomic mass is 32.2. The molecule has 0 amide bonds. The van der Waals surface area contributed by atoms with Crippen molar-refractivity contribution >= 4 is 23.5 Å². The monoisotopic (exact) mass is 300 g/mol. The molecule has 3 aromatic rings. The summed E-state index contributed by atoms with van der Waals surface area (Å²) in [6.45, 7) is 1.84. The molecule has 2 heterocycles. The number of fused-ring (bicyclic) bond motifs is 1. The van der Waals surface area contributed by atoms with Gasteiger partial charge in [0.25, 0.3) is 5.78 Å². The first-order chi connectivity index (χ1) is 10.1. The molecule has 7 heteroatoms. The van der Waals surface area contributed by atoms with E-state index in [0.717, 1.165) is 11.3 Å². The first kappa shape index (κ1) is 13.6. The molecule has 21 heavy (non-hydrogen) atoms. The van der Waals surface area contributed by atoms with Crippen molar-refractivity contribution in [2.45, 2.75) is 17.2 Å². The predicted octanol–water partition coefficient (Wildman–Crippen LogP) is 2.35. The molecule has 0 unspecified atom stereocenters. The molecule has 6 nitrogen and oxygen atoms in total. The van der Waals surface area contributed by atoms with Crippen LogP contribution < -0.4 is 0 Å². The van der Waals surface area contributed by atoms with Gasteiger partial charge in [-0.05, 0) is 18.6 Å². The average molecular weight is 300 g/mol. The molecule has 1 atom stereocenters. The summed E-state index contributed by atoms with van der Waals surface area (Å²) in [6.07, 6.45) is 1.41. The number of hydrogen-bond acceptors (Lipinski definition) is 5. The molecule has 0 radical (unpaired) electrons. The van der Waals surface area contributed by atoms with Gasteiger partial charge >= 0.3 is 5.97 Å². The fraction of sp³-hybridized carbons (Fsp3) is 0.143. The van der Waals surface area contributed by atoms with E-state index in [4.69, 9.17) is 0 Å². The number of aromatic nitrogens is 4. The molecule has 1 N–H and O–H groups in total. The minimum atomic E-state index is -0.895. The summed E-state index contributed by atoms with van der Waals surface area (Å²) in [5.74, 6) is -0.427. The minimum absolute atomic E-state index is 0.467. The Morgan fingerprint density at radius 3 is 2.81 bits per heavy atom. The normalized spacial score (nSPS) is 12.4. The summed E-state index contributed by atoms with van der Waals surface area (Å²) in [5, 5.41) is 13.6. The lowest BCUT2D eigenvalue weighted by atomic mass is 10.1. The molecule has 2 aromatic heterocycles. The van der Waals surface area contributed by atoms with Gasteiger partial charge in [-0.2, -0.15) is 14.6 Å². The van der Waals surface area contributed by atoms with Gasteiger partial charge in [0, 0.05) is 5.69 Å². The van der Waals surface area contributed by atoms with Gasteiger partial charge in [0.2, 0.25) is 0 Å². The van der Waals surface area contributed by atoms with E-state index in [0.29, 0.717) is 10.8 Å². The number of carbonyl (C=O) groups is 1. The molecule has 0 bridgehead atoms. The average Bonchev–Trinajstić information content (AvgIpc) is 2.93. The Morgan fingerprint density at radius 2 is 2.10 bits per heavy atom. The Hall–Kier alpha value is -2.41. The van der Waals surface area contributed by atoms with E-state index < -0.39 is 11.2 Å². The van der Waals surface area contributed by atoms with Gasteiger partial charge in [0.1, 0.15) is 16.6 Å². The van der Waals surface area contributed by atoms with Crippen molar-refractivity contribution in [2.24, 2.45) is 0 Å². The van der Waals surface area contributed by atoms with Crippen LogP contribution in [0.3, 0.4) is 0 Å². The number of aryl methyl sites for hydroxylation is 1. The van der Waals surface area contributed by atoms with Crippen LogP contribution in [-0.2, 0) is 4.79 Å². The Labute approximate surface area is 124 Å². The van der Waals surface area contributed by atoms with Crippen LogP contribution in [0.5, 0.6) is 0 Å². The summed E-state index contributed by atoms with van der Waals surface area (Å²) in [4.78, 5) is 19.9. The first-order valence-electron chi connectivity index (χ1n) is 6.27. The molecule has 1 aromatic carbocycles. The van der Waals surface area contributed by atoms with Crippen molar-refractivity contribution in [2.75, 3.05) is 0 Å². The maximum atomic E-state index is 11.6. The second-order valence-electron chi connectivity index (χ2n) is 4.45. The van der Waals surface area contributed by atoms with Crippen molar-refractivity contribution in [3.63, 3.8) is 0 Å². The largest absolute Gasteiger partial charge is 0.480 e. The summed E-state index contributed by atoms with van der Waals surface area (Å²) in [6, 6.07) is 10.9. The lowest BCUT2D eigenvalue weighted by Crippen LogP contribution is -2.09. The second kappa shape index (κ2) is 5.53. The minimum Gasteiger partial charge on any atom is -0.480 e. The van der Waals surface area contributed by atoms with Crippen LogP contribution in [0.1, 0.15) is 16.5 Å². The summed E-state index contributed by atoms with van der Waals surface area (Å²) in [5.41, 5.74) is 1.51. The van der Waals surface area contributed by atoms with Gasteiger partial charge in [-0.1, -0.05) is 42.1 Å². The quantitative estimate of drug-likeness (QED) is 0.588. The van der Waals surface area contributed by atoms with Crippen LogP contribution in [-0.4, -0.2) is 30.7 Å². The van der Waals surface area contributed by atoms with Crippen molar-refractivity contribution in [3.8, 4) is 0 Å². The van der Waals surface area contributed by atoms with Crippen molar-refractivity contribution in [3.05, 3.63) is 54.0 Å². The number of hydrogen-bond donors (Lipinski definition) is 1. The number of carboxylic acids is 1. The molecule has 0 aliphatic carbocycles. The smallest absolute Gasteiger partial charge is 0.321 e. The van der Waals surface area contributed by atoms with Crippen molar-refractivity contribution < 1.29 is 9.90 Å².